The van der Waals surface area contributed by atoms with Gasteiger partial charge >= 0.3 is 0 Å². The van der Waals surface area contributed by atoms with Crippen molar-refractivity contribution in [3.05, 3.63) is 96.1 Å². The molecule has 124 valence electrons. The number of rotatable bonds is 4. The summed E-state index contributed by atoms with van der Waals surface area (Å²) in [6.45, 7) is 19.7. The molecule has 24 heavy (non-hydrogen) atoms. The van der Waals surface area contributed by atoms with Crippen molar-refractivity contribution in [3.8, 4) is 0 Å². The molecule has 2 aromatic carbocycles. The average molecular weight is 316 g/mol. The van der Waals surface area contributed by atoms with Crippen molar-refractivity contribution in [2.75, 3.05) is 0 Å². The van der Waals surface area contributed by atoms with Crippen molar-refractivity contribution >= 4 is 23.3 Å². The summed E-state index contributed by atoms with van der Waals surface area (Å²) in [4.78, 5) is 0. The van der Waals surface area contributed by atoms with Crippen molar-refractivity contribution in [1.82, 2.24) is 0 Å². The molecule has 0 aliphatic carbocycles. The van der Waals surface area contributed by atoms with Crippen LogP contribution in [0.25, 0.3) is 23.3 Å². The second-order valence-corrected chi connectivity index (χ2v) is 6.23. The topological polar surface area (TPSA) is 0 Å². The molecule has 0 radical (unpaired) electrons. The second kappa shape index (κ2) is 9.52. The highest BCUT2D eigenvalue weighted by atomic mass is 14.0. The van der Waals surface area contributed by atoms with Crippen LogP contribution < -0.4 is 0 Å². The Bertz CT molecular complexity index is 703. The Morgan fingerprint density at radius 1 is 0.750 bits per heavy atom. The van der Waals surface area contributed by atoms with Gasteiger partial charge in [-0.1, -0.05) is 91.1 Å². The summed E-state index contributed by atoms with van der Waals surface area (Å²) in [5, 5.41) is 0. The third-order valence-electron chi connectivity index (χ3n) is 3.47. The molecule has 0 saturated carbocycles. The molecule has 0 N–H and O–H groups in total. The first-order chi connectivity index (χ1) is 11.3. The Balaban J connectivity index is 0.000000240. The van der Waals surface area contributed by atoms with Gasteiger partial charge in [0.15, 0.2) is 0 Å². The molecular weight excluding hydrogens is 288 g/mol. The molecule has 0 unspecified atom stereocenters. The van der Waals surface area contributed by atoms with Gasteiger partial charge in [-0.05, 0) is 56.0 Å². The van der Waals surface area contributed by atoms with E-state index < -0.39 is 0 Å². The predicted octanol–water partition coefficient (Wildman–Crippen LogP) is 7.51. The highest BCUT2D eigenvalue weighted by Gasteiger charge is 1.94. The third kappa shape index (κ3) is 6.66. The Labute approximate surface area is 147 Å². The van der Waals surface area contributed by atoms with E-state index in [0.29, 0.717) is 0 Å². The van der Waals surface area contributed by atoms with Crippen molar-refractivity contribution in [3.63, 3.8) is 0 Å². The minimum absolute atomic E-state index is 1.10. The van der Waals surface area contributed by atoms with E-state index in [2.05, 4.69) is 82.1 Å². The van der Waals surface area contributed by atoms with E-state index in [1.807, 2.05) is 26.0 Å². The molecule has 0 heterocycles. The first kappa shape index (κ1) is 19.4. The predicted molar refractivity (Wildman–Crippen MR) is 112 cm³/mol. The Hall–Kier alpha value is -2.60. The maximum absolute atomic E-state index is 3.88. The summed E-state index contributed by atoms with van der Waals surface area (Å²) < 4.78 is 0. The van der Waals surface area contributed by atoms with Gasteiger partial charge in [-0.3, -0.25) is 0 Å². The Morgan fingerprint density at radius 3 is 1.58 bits per heavy atom. The Kier molecular flexibility index (Phi) is 7.71. The van der Waals surface area contributed by atoms with E-state index in [0.717, 1.165) is 11.1 Å². The lowest BCUT2D eigenvalue weighted by molar-refractivity contribution is 1.42. The smallest absolute Gasteiger partial charge is 0.0233 e. The summed E-state index contributed by atoms with van der Waals surface area (Å²) in [6, 6.07) is 16.6. The third-order valence-corrected chi connectivity index (χ3v) is 3.47. The fraction of sp³-hybridized carbons (Fsp3) is 0.167. The molecule has 0 amide bonds. The van der Waals surface area contributed by atoms with Crippen LogP contribution in [0.1, 0.15) is 49.9 Å². The average Bonchev–Trinajstić information content (AvgIpc) is 2.55. The van der Waals surface area contributed by atoms with Crippen LogP contribution in [0, 0.1) is 0 Å². The van der Waals surface area contributed by atoms with Gasteiger partial charge in [0.05, 0.1) is 0 Å². The maximum atomic E-state index is 3.88. The molecule has 0 saturated heterocycles. The van der Waals surface area contributed by atoms with Gasteiger partial charge in [0, 0.05) is 0 Å². The zero-order chi connectivity index (χ0) is 18.1. The molecule has 0 aliphatic heterocycles. The quantitative estimate of drug-likeness (QED) is 0.547. The summed E-state index contributed by atoms with van der Waals surface area (Å²) in [5.41, 5.74) is 8.32. The van der Waals surface area contributed by atoms with Crippen LogP contribution in [0.15, 0.2) is 73.8 Å². The van der Waals surface area contributed by atoms with E-state index >= 15 is 0 Å². The largest absolute Gasteiger partial charge is 0.0985 e. The number of benzene rings is 2. The van der Waals surface area contributed by atoms with Crippen molar-refractivity contribution in [1.29, 1.82) is 0 Å². The summed E-state index contributed by atoms with van der Waals surface area (Å²) >= 11 is 0. The normalized spacial score (nSPS) is 9.33. The van der Waals surface area contributed by atoms with Crippen LogP contribution in [0.3, 0.4) is 0 Å². The van der Waals surface area contributed by atoms with E-state index in [9.17, 15) is 0 Å². The lowest BCUT2D eigenvalue weighted by Gasteiger charge is -2.02. The standard InChI is InChI=1S/2C12H14/c1-9(2)11-5-7-12(8-6-11)10(3)4;1-4-11-6-5-7-12(9-11)8-10(2)3/h5-8H,1,3H2,2,4H3;4-9H,1H2,2-3H3. The zero-order valence-electron chi connectivity index (χ0n) is 15.4. The van der Waals surface area contributed by atoms with Gasteiger partial charge < -0.3 is 0 Å². The van der Waals surface area contributed by atoms with E-state index in [-0.39, 0.29) is 0 Å². The fourth-order valence-corrected chi connectivity index (χ4v) is 2.15. The second-order valence-electron chi connectivity index (χ2n) is 6.23. The molecule has 0 fully saturated rings. The van der Waals surface area contributed by atoms with Crippen LogP contribution >= 0.6 is 0 Å². The van der Waals surface area contributed by atoms with Gasteiger partial charge in [-0.25, -0.2) is 0 Å². The monoisotopic (exact) mass is 316 g/mol. The van der Waals surface area contributed by atoms with Gasteiger partial charge in [0.25, 0.3) is 0 Å². The van der Waals surface area contributed by atoms with Crippen molar-refractivity contribution in [2.24, 2.45) is 0 Å². The molecule has 2 aromatic rings. The number of hydrogen-bond acceptors (Lipinski definition) is 0. The number of hydrogen-bond donors (Lipinski definition) is 0. The lowest BCUT2D eigenvalue weighted by Crippen LogP contribution is -1.80. The molecular formula is C24H28. The van der Waals surface area contributed by atoms with Crippen molar-refractivity contribution < 1.29 is 0 Å². The molecule has 2 rings (SSSR count). The fourth-order valence-electron chi connectivity index (χ4n) is 2.15. The SMILES string of the molecule is C=C(C)c1ccc(C(=C)C)cc1.C=Cc1cccc(C=C(C)C)c1. The summed E-state index contributed by atoms with van der Waals surface area (Å²) in [5.74, 6) is 0. The molecule has 0 aliphatic rings. The van der Waals surface area contributed by atoms with Crippen LogP contribution in [0.5, 0.6) is 0 Å². The van der Waals surface area contributed by atoms with E-state index in [4.69, 9.17) is 0 Å². The van der Waals surface area contributed by atoms with Crippen molar-refractivity contribution in [2.45, 2.75) is 27.7 Å². The molecule has 0 bridgehead atoms. The first-order valence-corrected chi connectivity index (χ1v) is 8.12. The minimum atomic E-state index is 1.10. The van der Waals surface area contributed by atoms with Gasteiger partial charge in [-0.15, -0.1) is 0 Å². The maximum Gasteiger partial charge on any atom is -0.0233 e. The first-order valence-electron chi connectivity index (χ1n) is 8.12. The summed E-state index contributed by atoms with van der Waals surface area (Å²) in [6.07, 6.45) is 4.02. The highest BCUT2D eigenvalue weighted by molar-refractivity contribution is 5.66. The number of allylic oxidation sites excluding steroid dienone is 3. The highest BCUT2D eigenvalue weighted by Crippen LogP contribution is 2.16. The molecule has 0 heteroatoms. The van der Waals surface area contributed by atoms with E-state index in [1.54, 1.807) is 0 Å². The molecule has 0 nitrogen and oxygen atoms in total. The van der Waals surface area contributed by atoms with Crippen LogP contribution in [0.2, 0.25) is 0 Å². The van der Waals surface area contributed by atoms with Gasteiger partial charge in [-0.2, -0.15) is 0 Å². The van der Waals surface area contributed by atoms with Gasteiger partial charge in [0.1, 0.15) is 0 Å². The van der Waals surface area contributed by atoms with E-state index in [1.165, 1.54) is 27.8 Å². The Morgan fingerprint density at radius 2 is 1.21 bits per heavy atom. The molecule has 0 atom stereocenters. The minimum Gasteiger partial charge on any atom is -0.0985 e. The van der Waals surface area contributed by atoms with Crippen LogP contribution in [-0.2, 0) is 0 Å². The van der Waals surface area contributed by atoms with Crippen LogP contribution in [-0.4, -0.2) is 0 Å². The van der Waals surface area contributed by atoms with Gasteiger partial charge in [0.2, 0.25) is 0 Å². The van der Waals surface area contributed by atoms with Crippen LogP contribution in [0.4, 0.5) is 0 Å². The lowest BCUT2D eigenvalue weighted by atomic mass is 10.0. The molecule has 0 aromatic heterocycles. The summed E-state index contributed by atoms with van der Waals surface area (Å²) in [7, 11) is 0. The molecule has 0 spiro atoms. The zero-order valence-corrected chi connectivity index (χ0v) is 15.4.